The minimum atomic E-state index is -0.407. The van der Waals surface area contributed by atoms with Gasteiger partial charge in [0, 0.05) is 25.8 Å². The van der Waals surface area contributed by atoms with Gasteiger partial charge in [-0.15, -0.1) is 0 Å². The van der Waals surface area contributed by atoms with Crippen LogP contribution < -0.4 is 5.32 Å². The second-order valence-electron chi connectivity index (χ2n) is 10.8. The number of para-hydroxylation sites is 1. The predicted octanol–water partition coefficient (Wildman–Crippen LogP) is 10.5. The highest BCUT2D eigenvalue weighted by Gasteiger charge is 2.51. The molecule has 0 fully saturated rings. The fourth-order valence-corrected chi connectivity index (χ4v) is 8.37. The molecule has 0 unspecified atom stereocenters. The van der Waals surface area contributed by atoms with E-state index in [1.807, 2.05) is 36.4 Å². The largest absolute Gasteiger partial charge is 0.321 e. The summed E-state index contributed by atoms with van der Waals surface area (Å²) in [6.07, 6.45) is 0. The SMILES string of the molecule is O=C(Nc1ccccc1-c1cccc2c1-c1ccccc1C21c2ccccc2-c2ccccc21)c1cc(Br)cc(Br)c1. The zero-order valence-corrected chi connectivity index (χ0v) is 25.5. The van der Waals surface area contributed by atoms with Crippen LogP contribution >= 0.6 is 31.9 Å². The number of hydrogen-bond donors (Lipinski definition) is 1. The lowest BCUT2D eigenvalue weighted by Crippen LogP contribution is -2.25. The van der Waals surface area contributed by atoms with Crippen molar-refractivity contribution in [1.82, 2.24) is 0 Å². The smallest absolute Gasteiger partial charge is 0.255 e. The highest BCUT2D eigenvalue weighted by molar-refractivity contribution is 9.11. The van der Waals surface area contributed by atoms with Gasteiger partial charge in [0.1, 0.15) is 0 Å². The Labute approximate surface area is 261 Å². The Kier molecular flexibility index (Phi) is 5.85. The summed E-state index contributed by atoms with van der Waals surface area (Å²) in [6, 6.07) is 46.8. The molecular formula is C38H23Br2NO. The molecule has 8 rings (SSSR count). The summed E-state index contributed by atoms with van der Waals surface area (Å²) in [7, 11) is 0. The number of carbonyl (C=O) groups is 1. The first-order chi connectivity index (χ1) is 20.6. The number of hydrogen-bond acceptors (Lipinski definition) is 1. The maximum atomic E-state index is 13.5. The van der Waals surface area contributed by atoms with E-state index in [-0.39, 0.29) is 5.91 Å². The maximum Gasteiger partial charge on any atom is 0.255 e. The van der Waals surface area contributed by atoms with Crippen LogP contribution in [0.2, 0.25) is 0 Å². The third kappa shape index (κ3) is 3.58. The first kappa shape index (κ1) is 25.5. The Bertz CT molecular complexity index is 2010. The Balaban J connectivity index is 1.36. The van der Waals surface area contributed by atoms with Gasteiger partial charge >= 0.3 is 0 Å². The zero-order chi connectivity index (χ0) is 28.4. The van der Waals surface area contributed by atoms with Crippen molar-refractivity contribution >= 4 is 43.5 Å². The first-order valence-electron chi connectivity index (χ1n) is 13.9. The van der Waals surface area contributed by atoms with Gasteiger partial charge in [-0.25, -0.2) is 0 Å². The van der Waals surface area contributed by atoms with Gasteiger partial charge in [0.05, 0.1) is 5.41 Å². The number of carbonyl (C=O) groups excluding carboxylic acids is 1. The molecule has 42 heavy (non-hydrogen) atoms. The van der Waals surface area contributed by atoms with Crippen LogP contribution in [0.1, 0.15) is 32.6 Å². The summed E-state index contributed by atoms with van der Waals surface area (Å²) in [6.45, 7) is 0. The number of rotatable bonds is 3. The molecule has 1 N–H and O–H groups in total. The van der Waals surface area contributed by atoms with E-state index >= 15 is 0 Å². The molecule has 6 aromatic rings. The molecule has 0 aromatic heterocycles. The van der Waals surface area contributed by atoms with Crippen molar-refractivity contribution in [2.75, 3.05) is 5.32 Å². The Morgan fingerprint density at radius 2 is 0.976 bits per heavy atom. The average molecular weight is 669 g/mol. The summed E-state index contributed by atoms with van der Waals surface area (Å²) in [5.41, 5.74) is 13.3. The number of halogens is 2. The summed E-state index contributed by atoms with van der Waals surface area (Å²) in [5, 5.41) is 3.21. The van der Waals surface area contributed by atoms with Gasteiger partial charge in [0.15, 0.2) is 0 Å². The number of nitrogens with one attached hydrogen (secondary N) is 1. The van der Waals surface area contributed by atoms with E-state index in [1.165, 1.54) is 44.5 Å². The van der Waals surface area contributed by atoms with Crippen LogP contribution in [0.4, 0.5) is 5.69 Å². The second kappa shape index (κ2) is 9.65. The lowest BCUT2D eigenvalue weighted by Gasteiger charge is -2.30. The van der Waals surface area contributed by atoms with Crippen molar-refractivity contribution in [3.8, 4) is 33.4 Å². The molecule has 0 saturated carbocycles. The van der Waals surface area contributed by atoms with Gasteiger partial charge < -0.3 is 5.32 Å². The summed E-state index contributed by atoms with van der Waals surface area (Å²) >= 11 is 7.02. The lowest BCUT2D eigenvalue weighted by molar-refractivity contribution is 0.102. The molecule has 2 aliphatic rings. The van der Waals surface area contributed by atoms with Crippen LogP contribution in [0.5, 0.6) is 0 Å². The van der Waals surface area contributed by atoms with Gasteiger partial charge in [0.2, 0.25) is 0 Å². The standard InChI is InChI=1S/C38H23Br2NO/c39-24-20-23(21-25(40)22-24)37(42)41-35-19-8-4-12-28(35)29-14-9-18-34-36(29)30-13-3-7-17-33(30)38(34)31-15-5-1-10-26(31)27-11-2-6-16-32(27)38/h1-22H,(H,41,42). The van der Waals surface area contributed by atoms with E-state index in [0.717, 1.165) is 25.8 Å². The van der Waals surface area contributed by atoms with E-state index in [0.29, 0.717) is 5.56 Å². The molecule has 0 atom stereocenters. The average Bonchev–Trinajstić information content (AvgIpc) is 3.49. The monoisotopic (exact) mass is 667 g/mol. The topological polar surface area (TPSA) is 29.1 Å². The van der Waals surface area contributed by atoms with Gasteiger partial charge in [0.25, 0.3) is 5.91 Å². The quantitative estimate of drug-likeness (QED) is 0.199. The van der Waals surface area contributed by atoms with Crippen LogP contribution in [-0.4, -0.2) is 5.91 Å². The molecule has 0 heterocycles. The summed E-state index contributed by atoms with van der Waals surface area (Å²) in [5.74, 6) is -0.160. The molecule has 4 heteroatoms. The Morgan fingerprint density at radius 1 is 0.500 bits per heavy atom. The minimum absolute atomic E-state index is 0.160. The van der Waals surface area contributed by atoms with E-state index in [9.17, 15) is 4.79 Å². The number of amides is 1. The normalized spacial score (nSPS) is 13.3. The number of benzene rings is 6. The van der Waals surface area contributed by atoms with Gasteiger partial charge in [-0.1, -0.05) is 141 Å². The molecule has 0 aliphatic heterocycles. The van der Waals surface area contributed by atoms with Gasteiger partial charge in [-0.2, -0.15) is 0 Å². The second-order valence-corrected chi connectivity index (χ2v) is 12.6. The van der Waals surface area contributed by atoms with Crippen molar-refractivity contribution < 1.29 is 4.79 Å². The molecule has 1 amide bonds. The van der Waals surface area contributed by atoms with E-state index in [2.05, 4.69) is 134 Å². The zero-order valence-electron chi connectivity index (χ0n) is 22.4. The molecule has 0 saturated heterocycles. The van der Waals surface area contributed by atoms with E-state index in [1.54, 1.807) is 0 Å². The summed E-state index contributed by atoms with van der Waals surface area (Å²) < 4.78 is 1.69. The molecule has 0 bridgehead atoms. The van der Waals surface area contributed by atoms with Gasteiger partial charge in [-0.3, -0.25) is 4.79 Å². The Morgan fingerprint density at radius 3 is 1.62 bits per heavy atom. The first-order valence-corrected chi connectivity index (χ1v) is 15.5. The molecule has 2 nitrogen and oxygen atoms in total. The summed E-state index contributed by atoms with van der Waals surface area (Å²) in [4.78, 5) is 13.5. The van der Waals surface area contributed by atoms with Crippen LogP contribution in [0.15, 0.2) is 142 Å². The van der Waals surface area contributed by atoms with Gasteiger partial charge in [-0.05, 0) is 74.3 Å². The van der Waals surface area contributed by atoms with Crippen molar-refractivity contribution in [2.24, 2.45) is 0 Å². The van der Waals surface area contributed by atoms with Crippen molar-refractivity contribution in [2.45, 2.75) is 5.41 Å². The number of fused-ring (bicyclic) bond motifs is 10. The van der Waals surface area contributed by atoms with Crippen molar-refractivity contribution in [3.63, 3.8) is 0 Å². The van der Waals surface area contributed by atoms with Crippen molar-refractivity contribution in [3.05, 3.63) is 170 Å². The highest BCUT2D eigenvalue weighted by atomic mass is 79.9. The Hall–Kier alpha value is -4.25. The maximum absolute atomic E-state index is 13.5. The van der Waals surface area contributed by atoms with Crippen LogP contribution in [0, 0.1) is 0 Å². The fraction of sp³-hybridized carbons (Fsp3) is 0.0263. The minimum Gasteiger partial charge on any atom is -0.321 e. The lowest BCUT2D eigenvalue weighted by atomic mass is 9.70. The third-order valence-electron chi connectivity index (χ3n) is 8.61. The third-order valence-corrected chi connectivity index (χ3v) is 9.53. The number of anilines is 1. The van der Waals surface area contributed by atoms with Crippen LogP contribution in [-0.2, 0) is 5.41 Å². The fourth-order valence-electron chi connectivity index (χ4n) is 7.07. The molecule has 200 valence electrons. The van der Waals surface area contributed by atoms with Crippen molar-refractivity contribution in [1.29, 1.82) is 0 Å². The van der Waals surface area contributed by atoms with Crippen LogP contribution in [0.25, 0.3) is 33.4 Å². The molecule has 6 aromatic carbocycles. The van der Waals surface area contributed by atoms with E-state index < -0.39 is 5.41 Å². The molecular weight excluding hydrogens is 646 g/mol. The van der Waals surface area contributed by atoms with Crippen LogP contribution in [0.3, 0.4) is 0 Å². The molecule has 1 spiro atoms. The predicted molar refractivity (Wildman–Crippen MR) is 178 cm³/mol. The van der Waals surface area contributed by atoms with E-state index in [4.69, 9.17) is 0 Å². The highest BCUT2D eigenvalue weighted by Crippen LogP contribution is 2.64. The molecule has 2 aliphatic carbocycles. The molecule has 0 radical (unpaired) electrons.